The highest BCUT2D eigenvalue weighted by Gasteiger charge is 2.40. The number of alkyl halides is 3. The summed E-state index contributed by atoms with van der Waals surface area (Å²) in [5.41, 5.74) is -2.47. The largest absolute Gasteiger partial charge is 0.444 e. The van der Waals surface area contributed by atoms with Gasteiger partial charge in [-0.25, -0.2) is 14.5 Å². The maximum atomic E-state index is 13.3. The number of carbonyl (C=O) groups is 1. The minimum Gasteiger partial charge on any atom is -0.444 e. The molecular weight excluding hydrogens is 313 g/mol. The Morgan fingerprint density at radius 3 is 2.48 bits per heavy atom. The maximum absolute atomic E-state index is 13.3. The van der Waals surface area contributed by atoms with Gasteiger partial charge in [0, 0.05) is 6.20 Å². The molecule has 0 unspecified atom stereocenters. The molecule has 0 aromatic carbocycles. The molecule has 2 aromatic rings. The second-order valence-electron chi connectivity index (χ2n) is 5.63. The third-order valence-corrected chi connectivity index (χ3v) is 2.54. The van der Waals surface area contributed by atoms with Crippen molar-refractivity contribution in [3.05, 3.63) is 36.3 Å². The van der Waals surface area contributed by atoms with Crippen LogP contribution in [0.5, 0.6) is 0 Å². The Hall–Kier alpha value is -2.58. The Morgan fingerprint density at radius 1 is 1.26 bits per heavy atom. The molecule has 6 nitrogen and oxygen atoms in total. The van der Waals surface area contributed by atoms with Gasteiger partial charge in [-0.1, -0.05) is 6.07 Å². The van der Waals surface area contributed by atoms with Crippen molar-refractivity contribution in [2.45, 2.75) is 32.5 Å². The van der Waals surface area contributed by atoms with Crippen LogP contribution in [0.3, 0.4) is 0 Å². The number of nitrogens with one attached hydrogen (secondary N) is 1. The lowest BCUT2D eigenvalue weighted by Gasteiger charge is -2.20. The average molecular weight is 328 g/mol. The molecule has 2 rings (SSSR count). The predicted octanol–water partition coefficient (Wildman–Crippen LogP) is 3.63. The number of nitrogens with zero attached hydrogens (tertiary/aromatic N) is 3. The Labute approximate surface area is 130 Å². The van der Waals surface area contributed by atoms with Crippen molar-refractivity contribution in [2.24, 2.45) is 0 Å². The van der Waals surface area contributed by atoms with E-state index >= 15 is 0 Å². The second-order valence-corrected chi connectivity index (χ2v) is 5.63. The molecule has 0 saturated carbocycles. The van der Waals surface area contributed by atoms with E-state index in [-0.39, 0.29) is 5.82 Å². The SMILES string of the molecule is CC(C)(C)OC(=O)Nc1cnn(-c2ccccn2)c1C(F)(F)F. The number of amides is 1. The first kappa shape index (κ1) is 16.8. The molecule has 9 heteroatoms. The summed E-state index contributed by atoms with van der Waals surface area (Å²) >= 11 is 0. The van der Waals surface area contributed by atoms with Crippen molar-refractivity contribution in [3.8, 4) is 5.82 Å². The van der Waals surface area contributed by atoms with E-state index in [4.69, 9.17) is 4.74 Å². The molecule has 2 heterocycles. The molecule has 1 N–H and O–H groups in total. The van der Waals surface area contributed by atoms with Crippen LogP contribution in [0, 0.1) is 0 Å². The Balaban J connectivity index is 2.38. The Kier molecular flexibility index (Phi) is 4.31. The molecule has 0 bridgehead atoms. The molecule has 0 aliphatic carbocycles. The standard InChI is InChI=1S/C14H15F3N4O2/c1-13(2,3)23-12(22)20-9-8-19-21(11(9)14(15,16)17)10-6-4-5-7-18-10/h4-8H,1-3H3,(H,20,22). The summed E-state index contributed by atoms with van der Waals surface area (Å²) in [4.78, 5) is 15.5. The summed E-state index contributed by atoms with van der Waals surface area (Å²) < 4.78 is 45.6. The molecule has 124 valence electrons. The van der Waals surface area contributed by atoms with E-state index < -0.39 is 29.3 Å². The zero-order chi connectivity index (χ0) is 17.3. The summed E-state index contributed by atoms with van der Waals surface area (Å²) in [7, 11) is 0. The van der Waals surface area contributed by atoms with Gasteiger partial charge in [-0.3, -0.25) is 5.32 Å². The van der Waals surface area contributed by atoms with E-state index in [1.165, 1.54) is 18.3 Å². The van der Waals surface area contributed by atoms with Crippen molar-refractivity contribution in [2.75, 3.05) is 5.32 Å². The molecular formula is C14H15F3N4O2. The number of rotatable bonds is 2. The number of aromatic nitrogens is 3. The normalized spacial score (nSPS) is 12.1. The number of anilines is 1. The summed E-state index contributed by atoms with van der Waals surface area (Å²) in [5.74, 6) is -0.0166. The zero-order valence-corrected chi connectivity index (χ0v) is 12.7. The van der Waals surface area contributed by atoms with Crippen molar-refractivity contribution in [1.29, 1.82) is 0 Å². The van der Waals surface area contributed by atoms with Gasteiger partial charge in [-0.2, -0.15) is 18.3 Å². The lowest BCUT2D eigenvalue weighted by Crippen LogP contribution is -2.28. The van der Waals surface area contributed by atoms with E-state index in [9.17, 15) is 18.0 Å². The molecule has 0 spiro atoms. The van der Waals surface area contributed by atoms with Gasteiger partial charge in [0.25, 0.3) is 0 Å². The Bertz CT molecular complexity index is 690. The summed E-state index contributed by atoms with van der Waals surface area (Å²) in [6.07, 6.45) is -3.48. The number of ether oxygens (including phenoxy) is 1. The van der Waals surface area contributed by atoms with Crippen molar-refractivity contribution < 1.29 is 22.7 Å². The van der Waals surface area contributed by atoms with Gasteiger partial charge in [-0.15, -0.1) is 0 Å². The van der Waals surface area contributed by atoms with Gasteiger partial charge in [0.05, 0.1) is 11.9 Å². The van der Waals surface area contributed by atoms with Gasteiger partial charge in [0.15, 0.2) is 11.5 Å². The molecule has 1 amide bonds. The molecule has 0 atom stereocenters. The van der Waals surface area contributed by atoms with Crippen LogP contribution in [-0.2, 0) is 10.9 Å². The zero-order valence-electron chi connectivity index (χ0n) is 12.7. The first-order valence-corrected chi connectivity index (χ1v) is 6.64. The topological polar surface area (TPSA) is 69.0 Å². The number of pyridine rings is 1. The van der Waals surface area contributed by atoms with Crippen LogP contribution in [0.4, 0.5) is 23.7 Å². The highest BCUT2D eigenvalue weighted by Crippen LogP contribution is 2.36. The lowest BCUT2D eigenvalue weighted by molar-refractivity contribution is -0.142. The van der Waals surface area contributed by atoms with Gasteiger partial charge < -0.3 is 4.74 Å². The molecule has 0 radical (unpaired) electrons. The summed E-state index contributed by atoms with van der Waals surface area (Å²) in [6, 6.07) is 4.48. The highest BCUT2D eigenvalue weighted by molar-refractivity contribution is 5.85. The van der Waals surface area contributed by atoms with Crippen LogP contribution in [0.15, 0.2) is 30.6 Å². The van der Waals surface area contributed by atoms with Crippen LogP contribution in [0.25, 0.3) is 5.82 Å². The smallest absolute Gasteiger partial charge is 0.435 e. The van der Waals surface area contributed by atoms with E-state index in [1.807, 2.05) is 0 Å². The number of hydrogen-bond acceptors (Lipinski definition) is 4. The lowest BCUT2D eigenvalue weighted by atomic mass is 10.2. The van der Waals surface area contributed by atoms with Crippen LogP contribution in [-0.4, -0.2) is 26.5 Å². The summed E-state index contributed by atoms with van der Waals surface area (Å²) in [6.45, 7) is 4.82. The second kappa shape index (κ2) is 5.90. The van der Waals surface area contributed by atoms with Crippen LogP contribution in [0.1, 0.15) is 26.5 Å². The van der Waals surface area contributed by atoms with E-state index in [2.05, 4.69) is 15.4 Å². The quantitative estimate of drug-likeness (QED) is 0.914. The average Bonchev–Trinajstić information content (AvgIpc) is 2.81. The molecule has 0 fully saturated rings. The van der Waals surface area contributed by atoms with Crippen molar-refractivity contribution in [3.63, 3.8) is 0 Å². The molecule has 0 saturated heterocycles. The van der Waals surface area contributed by atoms with Crippen LogP contribution >= 0.6 is 0 Å². The molecule has 23 heavy (non-hydrogen) atoms. The first-order chi connectivity index (χ1) is 10.6. The van der Waals surface area contributed by atoms with E-state index in [0.717, 1.165) is 6.20 Å². The van der Waals surface area contributed by atoms with Gasteiger partial charge in [0.2, 0.25) is 0 Å². The first-order valence-electron chi connectivity index (χ1n) is 6.64. The Morgan fingerprint density at radius 2 is 1.96 bits per heavy atom. The monoisotopic (exact) mass is 328 g/mol. The predicted molar refractivity (Wildman–Crippen MR) is 76.2 cm³/mol. The van der Waals surface area contributed by atoms with E-state index in [0.29, 0.717) is 4.68 Å². The number of hydrogen-bond donors (Lipinski definition) is 1. The third kappa shape index (κ3) is 4.21. The summed E-state index contributed by atoms with van der Waals surface area (Å²) in [5, 5.41) is 5.74. The van der Waals surface area contributed by atoms with Crippen LogP contribution < -0.4 is 5.32 Å². The fourth-order valence-corrected chi connectivity index (χ4v) is 1.78. The van der Waals surface area contributed by atoms with E-state index in [1.54, 1.807) is 26.8 Å². The van der Waals surface area contributed by atoms with Crippen molar-refractivity contribution in [1.82, 2.24) is 14.8 Å². The molecule has 0 aliphatic rings. The maximum Gasteiger partial charge on any atom is 0.435 e. The fraction of sp³-hybridized carbons (Fsp3) is 0.357. The number of carbonyl (C=O) groups excluding carboxylic acids is 1. The minimum absolute atomic E-state index is 0.0166. The number of halogens is 3. The fourth-order valence-electron chi connectivity index (χ4n) is 1.78. The van der Waals surface area contributed by atoms with Crippen LogP contribution in [0.2, 0.25) is 0 Å². The van der Waals surface area contributed by atoms with Gasteiger partial charge in [-0.05, 0) is 32.9 Å². The third-order valence-electron chi connectivity index (χ3n) is 2.54. The molecule has 2 aromatic heterocycles. The van der Waals surface area contributed by atoms with Gasteiger partial charge in [0.1, 0.15) is 5.60 Å². The minimum atomic E-state index is -4.74. The molecule has 0 aliphatic heterocycles. The highest BCUT2D eigenvalue weighted by atomic mass is 19.4. The van der Waals surface area contributed by atoms with Crippen molar-refractivity contribution >= 4 is 11.8 Å². The van der Waals surface area contributed by atoms with Gasteiger partial charge >= 0.3 is 12.3 Å².